The SMILES string of the molecule is Cc1ncc2c(NC3c4cc(C)c(Cl)c(O)c4C(C)(C)CC3(O)C(F)(F)F)cc(F)cc2n1. The maximum absolute atomic E-state index is 14.4. The van der Waals surface area contributed by atoms with E-state index in [4.69, 9.17) is 11.6 Å². The summed E-state index contributed by atoms with van der Waals surface area (Å²) in [5, 5.41) is 24.9. The van der Waals surface area contributed by atoms with E-state index in [-0.39, 0.29) is 38.5 Å². The normalized spacial score (nSPS) is 22.3. The van der Waals surface area contributed by atoms with Gasteiger partial charge in [-0.1, -0.05) is 31.5 Å². The van der Waals surface area contributed by atoms with Crippen LogP contribution in [-0.2, 0) is 5.41 Å². The Morgan fingerprint density at radius 2 is 1.85 bits per heavy atom. The van der Waals surface area contributed by atoms with E-state index >= 15 is 0 Å². The summed E-state index contributed by atoms with van der Waals surface area (Å²) in [6.07, 6.45) is -4.42. The molecule has 2 aromatic carbocycles. The van der Waals surface area contributed by atoms with Gasteiger partial charge in [-0.15, -0.1) is 0 Å². The van der Waals surface area contributed by atoms with E-state index in [2.05, 4.69) is 15.3 Å². The minimum Gasteiger partial charge on any atom is -0.506 e. The number of hydrogen-bond donors (Lipinski definition) is 3. The summed E-state index contributed by atoms with van der Waals surface area (Å²) >= 11 is 6.20. The first-order valence-corrected chi connectivity index (χ1v) is 10.5. The van der Waals surface area contributed by atoms with Gasteiger partial charge in [-0.05, 0) is 42.9 Å². The molecule has 1 aliphatic rings. The van der Waals surface area contributed by atoms with Gasteiger partial charge in [0.1, 0.15) is 17.4 Å². The molecule has 33 heavy (non-hydrogen) atoms. The summed E-state index contributed by atoms with van der Waals surface area (Å²) in [4.78, 5) is 8.22. The summed E-state index contributed by atoms with van der Waals surface area (Å²) in [6.45, 7) is 6.15. The van der Waals surface area contributed by atoms with E-state index < -0.39 is 35.5 Å². The molecule has 3 aromatic rings. The number of alkyl halides is 3. The van der Waals surface area contributed by atoms with Crippen LogP contribution in [0.25, 0.3) is 10.9 Å². The molecule has 0 radical (unpaired) electrons. The Morgan fingerprint density at radius 3 is 2.48 bits per heavy atom. The number of aromatic hydroxyl groups is 1. The maximum Gasteiger partial charge on any atom is 0.419 e. The Morgan fingerprint density at radius 1 is 1.18 bits per heavy atom. The smallest absolute Gasteiger partial charge is 0.419 e. The van der Waals surface area contributed by atoms with Crippen LogP contribution in [0.5, 0.6) is 5.75 Å². The molecule has 176 valence electrons. The molecule has 0 spiro atoms. The monoisotopic (exact) mass is 483 g/mol. The summed E-state index contributed by atoms with van der Waals surface area (Å²) < 4.78 is 57.5. The number of aliphatic hydroxyl groups is 1. The molecule has 5 nitrogen and oxygen atoms in total. The average Bonchev–Trinajstić information content (AvgIpc) is 2.66. The van der Waals surface area contributed by atoms with E-state index in [0.717, 1.165) is 12.1 Å². The van der Waals surface area contributed by atoms with Gasteiger partial charge in [0.05, 0.1) is 16.6 Å². The van der Waals surface area contributed by atoms with Crippen molar-refractivity contribution >= 4 is 28.2 Å². The van der Waals surface area contributed by atoms with Crippen molar-refractivity contribution in [1.82, 2.24) is 9.97 Å². The van der Waals surface area contributed by atoms with E-state index in [1.807, 2.05) is 0 Å². The molecule has 4 rings (SSSR count). The fourth-order valence-corrected chi connectivity index (χ4v) is 4.94. The van der Waals surface area contributed by atoms with Crippen LogP contribution >= 0.6 is 11.6 Å². The molecule has 0 saturated carbocycles. The molecule has 0 saturated heterocycles. The number of aromatic nitrogens is 2. The highest BCUT2D eigenvalue weighted by atomic mass is 35.5. The van der Waals surface area contributed by atoms with Crippen LogP contribution < -0.4 is 5.32 Å². The molecule has 3 N–H and O–H groups in total. The zero-order chi connectivity index (χ0) is 24.5. The van der Waals surface area contributed by atoms with Crippen LogP contribution in [0.2, 0.25) is 5.02 Å². The first-order valence-electron chi connectivity index (χ1n) is 10.2. The van der Waals surface area contributed by atoms with Crippen LogP contribution in [0.1, 0.15) is 48.8 Å². The van der Waals surface area contributed by atoms with Gasteiger partial charge in [0.25, 0.3) is 0 Å². The van der Waals surface area contributed by atoms with Crippen molar-refractivity contribution in [1.29, 1.82) is 0 Å². The van der Waals surface area contributed by atoms with Crippen molar-refractivity contribution in [3.8, 4) is 5.75 Å². The number of hydrogen-bond acceptors (Lipinski definition) is 5. The molecule has 2 atom stereocenters. The third-order valence-electron chi connectivity index (χ3n) is 6.20. The van der Waals surface area contributed by atoms with Gasteiger partial charge in [0.2, 0.25) is 0 Å². The van der Waals surface area contributed by atoms with Crippen LogP contribution in [0, 0.1) is 19.7 Å². The van der Waals surface area contributed by atoms with Gasteiger partial charge in [0, 0.05) is 28.9 Å². The van der Waals surface area contributed by atoms with Gasteiger partial charge < -0.3 is 15.5 Å². The second kappa shape index (κ2) is 7.43. The maximum atomic E-state index is 14.4. The molecule has 0 aliphatic heterocycles. The molecule has 1 heterocycles. The minimum atomic E-state index is -5.04. The third-order valence-corrected chi connectivity index (χ3v) is 6.68. The predicted octanol–water partition coefficient (Wildman–Crippen LogP) is 5.87. The second-order valence-corrected chi connectivity index (χ2v) is 9.56. The number of benzene rings is 2. The Kier molecular flexibility index (Phi) is 5.29. The van der Waals surface area contributed by atoms with Gasteiger partial charge in [-0.25, -0.2) is 14.4 Å². The van der Waals surface area contributed by atoms with Crippen LogP contribution in [-0.4, -0.2) is 32.0 Å². The van der Waals surface area contributed by atoms with Crippen molar-refractivity contribution in [3.63, 3.8) is 0 Å². The highest BCUT2D eigenvalue weighted by Crippen LogP contribution is 2.57. The van der Waals surface area contributed by atoms with Gasteiger partial charge in [-0.3, -0.25) is 0 Å². The minimum absolute atomic E-state index is 0.0181. The Labute approximate surface area is 192 Å². The van der Waals surface area contributed by atoms with Crippen molar-refractivity contribution in [2.75, 3.05) is 5.32 Å². The second-order valence-electron chi connectivity index (χ2n) is 9.18. The number of nitrogens with zero attached hydrogens (tertiary/aromatic N) is 2. The number of halogens is 5. The fourth-order valence-electron chi connectivity index (χ4n) is 4.79. The molecule has 0 fully saturated rings. The molecule has 2 unspecified atom stereocenters. The summed E-state index contributed by atoms with van der Waals surface area (Å²) in [5.74, 6) is -0.688. The molecular weight excluding hydrogens is 462 g/mol. The number of fused-ring (bicyclic) bond motifs is 2. The molecule has 1 aliphatic carbocycles. The Hall–Kier alpha value is -2.65. The lowest BCUT2D eigenvalue weighted by Gasteiger charge is -2.49. The first-order chi connectivity index (χ1) is 15.2. The summed E-state index contributed by atoms with van der Waals surface area (Å²) in [7, 11) is 0. The fraction of sp³-hybridized carbons (Fsp3) is 0.391. The van der Waals surface area contributed by atoms with Crippen LogP contribution in [0.15, 0.2) is 24.4 Å². The van der Waals surface area contributed by atoms with E-state index in [9.17, 15) is 27.8 Å². The number of phenolic OH excluding ortho intramolecular Hbond substituents is 1. The molecule has 10 heteroatoms. The van der Waals surface area contributed by atoms with Crippen molar-refractivity contribution in [2.24, 2.45) is 0 Å². The first kappa shape index (κ1) is 23.5. The largest absolute Gasteiger partial charge is 0.506 e. The third kappa shape index (κ3) is 3.67. The molecule has 0 bridgehead atoms. The molecule has 0 amide bonds. The topological polar surface area (TPSA) is 78.3 Å². The van der Waals surface area contributed by atoms with E-state index in [0.29, 0.717) is 11.4 Å². The number of phenols is 1. The number of rotatable bonds is 2. The van der Waals surface area contributed by atoms with E-state index in [1.54, 1.807) is 13.8 Å². The lowest BCUT2D eigenvalue weighted by atomic mass is 9.63. The molecular formula is C23H22ClF4N3O2. The summed E-state index contributed by atoms with van der Waals surface area (Å²) in [5.41, 5.74) is -3.77. The van der Waals surface area contributed by atoms with Crippen LogP contribution in [0.4, 0.5) is 23.2 Å². The van der Waals surface area contributed by atoms with Gasteiger partial charge >= 0.3 is 6.18 Å². The number of nitrogens with one attached hydrogen (secondary N) is 1. The highest BCUT2D eigenvalue weighted by molar-refractivity contribution is 6.33. The highest BCUT2D eigenvalue weighted by Gasteiger charge is 2.64. The lowest BCUT2D eigenvalue weighted by Crippen LogP contribution is -2.58. The Bertz CT molecular complexity index is 1270. The summed E-state index contributed by atoms with van der Waals surface area (Å²) in [6, 6.07) is 1.82. The Balaban J connectivity index is 2.01. The zero-order valence-corrected chi connectivity index (χ0v) is 19.0. The van der Waals surface area contributed by atoms with Gasteiger partial charge in [0.15, 0.2) is 5.60 Å². The zero-order valence-electron chi connectivity index (χ0n) is 18.3. The van der Waals surface area contributed by atoms with Crippen molar-refractivity contribution in [2.45, 2.75) is 57.3 Å². The van der Waals surface area contributed by atoms with Gasteiger partial charge in [-0.2, -0.15) is 13.2 Å². The van der Waals surface area contributed by atoms with E-state index in [1.165, 1.54) is 26.1 Å². The van der Waals surface area contributed by atoms with Crippen molar-refractivity contribution < 1.29 is 27.8 Å². The lowest BCUT2D eigenvalue weighted by molar-refractivity contribution is -0.275. The van der Waals surface area contributed by atoms with Crippen molar-refractivity contribution in [3.05, 3.63) is 57.8 Å². The predicted molar refractivity (Wildman–Crippen MR) is 117 cm³/mol. The number of anilines is 1. The standard InChI is InChI=1S/C23H22ClF4N3O2/c1-10-5-13-17(19(32)18(10)24)21(3,4)9-22(33,23(26,27)28)20(13)31-16-7-12(25)6-15-14(16)8-29-11(2)30-15/h5-8,20,31-33H,9H2,1-4H3. The average molecular weight is 484 g/mol. The van der Waals surface area contributed by atoms with Crippen LogP contribution in [0.3, 0.4) is 0 Å². The number of aryl methyl sites for hydroxylation is 2. The quantitative estimate of drug-likeness (QED) is 0.397. The molecule has 1 aromatic heterocycles.